The number of benzene rings is 1. The first-order chi connectivity index (χ1) is 12.3. The molecule has 5 nitrogen and oxygen atoms in total. The molecule has 26 heavy (non-hydrogen) atoms. The second-order valence-corrected chi connectivity index (χ2v) is 6.17. The van der Waals surface area contributed by atoms with Crippen LogP contribution in [-0.4, -0.2) is 55.2 Å². The summed E-state index contributed by atoms with van der Waals surface area (Å²) in [6, 6.07) is 6.24. The van der Waals surface area contributed by atoms with Gasteiger partial charge in [-0.2, -0.15) is 13.2 Å². The number of piperazine rings is 1. The van der Waals surface area contributed by atoms with Gasteiger partial charge in [0.25, 0.3) is 5.91 Å². The molecule has 0 radical (unpaired) electrons. The molecular formula is C18H17F3N2O3. The molecule has 1 fully saturated rings. The van der Waals surface area contributed by atoms with Crippen molar-refractivity contribution in [3.8, 4) is 11.3 Å². The van der Waals surface area contributed by atoms with Crippen LogP contribution in [0.3, 0.4) is 0 Å². The van der Waals surface area contributed by atoms with Crippen molar-refractivity contribution in [1.82, 2.24) is 9.80 Å². The molecule has 1 aromatic carbocycles. The molecule has 0 spiro atoms. The lowest BCUT2D eigenvalue weighted by atomic mass is 10.0. The number of furan rings is 1. The lowest BCUT2D eigenvalue weighted by Crippen LogP contribution is -2.47. The SMILES string of the molecule is CN1CCN(C(=O)c2ccc(-c3ccc(C=O)o3)cc2C(F)(F)F)CC1. The van der Waals surface area contributed by atoms with Crippen molar-refractivity contribution < 1.29 is 27.2 Å². The maximum absolute atomic E-state index is 13.5. The minimum atomic E-state index is -4.69. The van der Waals surface area contributed by atoms with Crippen LogP contribution in [0.25, 0.3) is 11.3 Å². The number of amides is 1. The monoisotopic (exact) mass is 366 g/mol. The van der Waals surface area contributed by atoms with Crippen molar-refractivity contribution in [3.63, 3.8) is 0 Å². The molecule has 1 saturated heterocycles. The number of carbonyl (C=O) groups excluding carboxylic acids is 2. The third-order valence-corrected chi connectivity index (χ3v) is 4.37. The van der Waals surface area contributed by atoms with Crippen molar-refractivity contribution in [3.05, 3.63) is 47.2 Å². The van der Waals surface area contributed by atoms with Crippen LogP contribution in [0.2, 0.25) is 0 Å². The Kier molecular flexibility index (Phi) is 4.86. The molecule has 0 bridgehead atoms. The highest BCUT2D eigenvalue weighted by molar-refractivity contribution is 5.96. The molecule has 0 atom stereocenters. The molecule has 1 aliphatic heterocycles. The maximum atomic E-state index is 13.5. The average Bonchev–Trinajstić information content (AvgIpc) is 3.10. The Morgan fingerprint density at radius 1 is 1.12 bits per heavy atom. The van der Waals surface area contributed by atoms with E-state index >= 15 is 0 Å². The summed E-state index contributed by atoms with van der Waals surface area (Å²) < 4.78 is 45.8. The first-order valence-electron chi connectivity index (χ1n) is 8.04. The fourth-order valence-electron chi connectivity index (χ4n) is 2.87. The smallest absolute Gasteiger partial charge is 0.417 e. The number of hydrogen-bond acceptors (Lipinski definition) is 4. The number of likely N-dealkylation sites (N-methyl/N-ethyl adjacent to an activating group) is 1. The molecule has 3 rings (SSSR count). The minimum absolute atomic E-state index is 0.0196. The maximum Gasteiger partial charge on any atom is 0.417 e. The van der Waals surface area contributed by atoms with E-state index in [0.717, 1.165) is 6.07 Å². The normalized spacial score (nSPS) is 15.9. The van der Waals surface area contributed by atoms with Crippen molar-refractivity contribution in [2.75, 3.05) is 33.2 Å². The van der Waals surface area contributed by atoms with E-state index < -0.39 is 17.6 Å². The van der Waals surface area contributed by atoms with Gasteiger partial charge in [0.05, 0.1) is 11.1 Å². The fraction of sp³-hybridized carbons (Fsp3) is 0.333. The van der Waals surface area contributed by atoms with Gasteiger partial charge in [0, 0.05) is 31.7 Å². The summed E-state index contributed by atoms with van der Waals surface area (Å²) in [5.74, 6) is -0.479. The van der Waals surface area contributed by atoms with E-state index in [1.807, 2.05) is 11.9 Å². The summed E-state index contributed by atoms with van der Waals surface area (Å²) in [5.41, 5.74) is -1.24. The molecule has 1 amide bonds. The summed E-state index contributed by atoms with van der Waals surface area (Å²) in [7, 11) is 1.90. The lowest BCUT2D eigenvalue weighted by Gasteiger charge is -2.33. The Morgan fingerprint density at radius 3 is 2.38 bits per heavy atom. The molecule has 2 heterocycles. The van der Waals surface area contributed by atoms with Crippen molar-refractivity contribution in [1.29, 1.82) is 0 Å². The van der Waals surface area contributed by atoms with E-state index in [1.165, 1.54) is 29.2 Å². The standard InChI is InChI=1S/C18H17F3N2O3/c1-22-6-8-23(9-7-22)17(25)14-4-2-12(10-15(14)18(19,20)21)16-5-3-13(11-24)26-16/h2-5,10-11H,6-9H2,1H3. The van der Waals surface area contributed by atoms with Crippen LogP contribution in [-0.2, 0) is 6.18 Å². The van der Waals surface area contributed by atoms with Gasteiger partial charge < -0.3 is 14.2 Å². The van der Waals surface area contributed by atoms with E-state index in [4.69, 9.17) is 4.42 Å². The Labute approximate surface area is 148 Å². The quantitative estimate of drug-likeness (QED) is 0.783. The van der Waals surface area contributed by atoms with Crippen molar-refractivity contribution >= 4 is 12.2 Å². The van der Waals surface area contributed by atoms with Gasteiger partial charge in [0.15, 0.2) is 12.0 Å². The first kappa shape index (κ1) is 18.2. The van der Waals surface area contributed by atoms with Gasteiger partial charge >= 0.3 is 6.18 Å². The van der Waals surface area contributed by atoms with E-state index in [2.05, 4.69) is 0 Å². The van der Waals surface area contributed by atoms with Crippen LogP contribution < -0.4 is 0 Å². The van der Waals surface area contributed by atoms with Gasteiger partial charge in [0.1, 0.15) is 5.76 Å². The van der Waals surface area contributed by atoms with Crippen molar-refractivity contribution in [2.45, 2.75) is 6.18 Å². The van der Waals surface area contributed by atoms with Gasteiger partial charge in [-0.05, 0) is 31.3 Å². The number of aldehydes is 1. The molecule has 8 heteroatoms. The van der Waals surface area contributed by atoms with Crippen LogP contribution in [0.15, 0.2) is 34.7 Å². The van der Waals surface area contributed by atoms with Crippen LogP contribution in [0, 0.1) is 0 Å². The second-order valence-electron chi connectivity index (χ2n) is 6.17. The minimum Gasteiger partial charge on any atom is -0.453 e. The molecule has 138 valence electrons. The first-order valence-corrected chi connectivity index (χ1v) is 8.04. The third kappa shape index (κ3) is 3.65. The second kappa shape index (κ2) is 6.95. The summed E-state index contributed by atoms with van der Waals surface area (Å²) in [4.78, 5) is 26.7. The Morgan fingerprint density at radius 2 is 1.81 bits per heavy atom. The van der Waals surface area contributed by atoms with E-state index in [1.54, 1.807) is 0 Å². The summed E-state index contributed by atoms with van der Waals surface area (Å²) in [6.45, 7) is 2.00. The van der Waals surface area contributed by atoms with Gasteiger partial charge in [-0.15, -0.1) is 0 Å². The average molecular weight is 366 g/mol. The highest BCUT2D eigenvalue weighted by atomic mass is 19.4. The molecule has 1 aromatic heterocycles. The number of nitrogens with zero attached hydrogens (tertiary/aromatic N) is 2. The van der Waals surface area contributed by atoms with Crippen LogP contribution >= 0.6 is 0 Å². The summed E-state index contributed by atoms with van der Waals surface area (Å²) >= 11 is 0. The highest BCUT2D eigenvalue weighted by Gasteiger charge is 2.37. The molecule has 0 N–H and O–H groups in total. The molecular weight excluding hydrogens is 349 g/mol. The Bertz CT molecular complexity index is 821. The molecule has 0 unspecified atom stereocenters. The largest absolute Gasteiger partial charge is 0.453 e. The fourth-order valence-corrected chi connectivity index (χ4v) is 2.87. The van der Waals surface area contributed by atoms with Gasteiger partial charge in [0.2, 0.25) is 0 Å². The molecule has 0 saturated carbocycles. The summed E-state index contributed by atoms with van der Waals surface area (Å²) in [5, 5.41) is 0. The third-order valence-electron chi connectivity index (χ3n) is 4.37. The molecule has 0 aliphatic carbocycles. The van der Waals surface area contributed by atoms with Gasteiger partial charge in [-0.3, -0.25) is 9.59 Å². The number of alkyl halides is 3. The number of rotatable bonds is 3. The Hall–Kier alpha value is -2.61. The van der Waals surface area contributed by atoms with E-state index in [9.17, 15) is 22.8 Å². The van der Waals surface area contributed by atoms with E-state index in [0.29, 0.717) is 32.5 Å². The number of carbonyl (C=O) groups is 2. The predicted octanol–water partition coefficient (Wildman–Crippen LogP) is 3.17. The van der Waals surface area contributed by atoms with Crippen LogP contribution in [0.5, 0.6) is 0 Å². The van der Waals surface area contributed by atoms with E-state index in [-0.39, 0.29) is 22.6 Å². The predicted molar refractivity (Wildman–Crippen MR) is 87.9 cm³/mol. The zero-order valence-electron chi connectivity index (χ0n) is 14.0. The topological polar surface area (TPSA) is 53.8 Å². The van der Waals surface area contributed by atoms with Gasteiger partial charge in [-0.1, -0.05) is 6.07 Å². The zero-order chi connectivity index (χ0) is 18.9. The summed E-state index contributed by atoms with van der Waals surface area (Å²) in [6.07, 6.45) is -4.22. The lowest BCUT2D eigenvalue weighted by molar-refractivity contribution is -0.138. The highest BCUT2D eigenvalue weighted by Crippen LogP contribution is 2.36. The molecule has 1 aliphatic rings. The number of halogens is 3. The van der Waals surface area contributed by atoms with Gasteiger partial charge in [-0.25, -0.2) is 0 Å². The van der Waals surface area contributed by atoms with Crippen molar-refractivity contribution in [2.24, 2.45) is 0 Å². The zero-order valence-corrected chi connectivity index (χ0v) is 14.0. The van der Waals surface area contributed by atoms with Crippen LogP contribution in [0.4, 0.5) is 13.2 Å². The Balaban J connectivity index is 1.97. The molecule has 2 aromatic rings. The van der Waals surface area contributed by atoms with Crippen LogP contribution in [0.1, 0.15) is 26.5 Å². The number of hydrogen-bond donors (Lipinski definition) is 0.